The van der Waals surface area contributed by atoms with Gasteiger partial charge in [-0.25, -0.2) is 8.42 Å². The first-order valence-electron chi connectivity index (χ1n) is 5.82. The zero-order valence-electron chi connectivity index (χ0n) is 11.0. The van der Waals surface area contributed by atoms with Crippen LogP contribution in [-0.4, -0.2) is 44.5 Å². The quantitative estimate of drug-likeness (QED) is 0.760. The van der Waals surface area contributed by atoms with Gasteiger partial charge in [-0.2, -0.15) is 4.31 Å². The van der Waals surface area contributed by atoms with Crippen molar-refractivity contribution >= 4 is 27.2 Å². The summed E-state index contributed by atoms with van der Waals surface area (Å²) in [6.45, 7) is 2.86. The highest BCUT2D eigenvalue weighted by atomic mass is 32.2. The summed E-state index contributed by atoms with van der Waals surface area (Å²) in [6, 6.07) is 6.25. The molecule has 106 valence electrons. The fourth-order valence-corrected chi connectivity index (χ4v) is 3.15. The topological polar surface area (TPSA) is 72.6 Å². The first-order valence-corrected chi connectivity index (χ1v) is 7.67. The number of ether oxygens (including phenoxy) is 1. The maximum absolute atomic E-state index is 12.4. The van der Waals surface area contributed by atoms with Crippen LogP contribution in [0.2, 0.25) is 0 Å². The summed E-state index contributed by atoms with van der Waals surface area (Å²) in [5, 5.41) is 0. The minimum Gasteiger partial charge on any atom is -0.389 e. The van der Waals surface area contributed by atoms with E-state index in [4.69, 9.17) is 22.7 Å². The van der Waals surface area contributed by atoms with Crippen LogP contribution in [0.1, 0.15) is 12.5 Å². The fourth-order valence-electron chi connectivity index (χ4n) is 1.58. The van der Waals surface area contributed by atoms with Gasteiger partial charge in [0.1, 0.15) is 4.99 Å². The normalized spacial score (nSPS) is 11.7. The SMILES string of the molecule is CCN(CCOC)S(=O)(=O)c1ccc(C(N)=S)cc1. The number of methoxy groups -OCH3 is 1. The number of rotatable bonds is 7. The van der Waals surface area contributed by atoms with Crippen molar-refractivity contribution < 1.29 is 13.2 Å². The third-order valence-electron chi connectivity index (χ3n) is 2.67. The molecule has 0 spiro atoms. The Morgan fingerprint density at radius 1 is 1.37 bits per heavy atom. The summed E-state index contributed by atoms with van der Waals surface area (Å²) in [5.74, 6) is 0. The van der Waals surface area contributed by atoms with E-state index >= 15 is 0 Å². The number of hydrogen-bond donors (Lipinski definition) is 1. The maximum atomic E-state index is 12.4. The molecule has 0 saturated heterocycles. The standard InChI is InChI=1S/C12H18N2O3S2/c1-3-14(8-9-17-2)19(15,16)11-6-4-10(5-7-11)12(13)18/h4-7H,3,8-9H2,1-2H3,(H2,13,18). The smallest absolute Gasteiger partial charge is 0.243 e. The zero-order valence-corrected chi connectivity index (χ0v) is 12.6. The van der Waals surface area contributed by atoms with Crippen LogP contribution in [0, 0.1) is 0 Å². The van der Waals surface area contributed by atoms with Crippen LogP contribution in [0.25, 0.3) is 0 Å². The van der Waals surface area contributed by atoms with Gasteiger partial charge in [-0.15, -0.1) is 0 Å². The Kier molecular flexibility index (Phi) is 5.86. The number of sulfonamides is 1. The molecule has 0 aromatic heterocycles. The van der Waals surface area contributed by atoms with Crippen molar-refractivity contribution in [2.75, 3.05) is 26.8 Å². The van der Waals surface area contributed by atoms with E-state index in [9.17, 15) is 8.42 Å². The molecule has 0 radical (unpaired) electrons. The third-order valence-corrected chi connectivity index (χ3v) is 4.90. The molecule has 1 aromatic rings. The molecule has 0 atom stereocenters. The lowest BCUT2D eigenvalue weighted by molar-refractivity contribution is 0.180. The number of thiocarbonyl (C=S) groups is 1. The molecule has 0 aliphatic carbocycles. The highest BCUT2D eigenvalue weighted by Gasteiger charge is 2.22. The Morgan fingerprint density at radius 3 is 2.37 bits per heavy atom. The van der Waals surface area contributed by atoms with Crippen molar-refractivity contribution in [2.24, 2.45) is 5.73 Å². The summed E-state index contributed by atoms with van der Waals surface area (Å²) < 4.78 is 31.0. The molecule has 0 aliphatic rings. The van der Waals surface area contributed by atoms with Crippen molar-refractivity contribution in [3.8, 4) is 0 Å². The van der Waals surface area contributed by atoms with Crippen molar-refractivity contribution in [3.63, 3.8) is 0 Å². The lowest BCUT2D eigenvalue weighted by atomic mass is 10.2. The first kappa shape index (κ1) is 16.0. The van der Waals surface area contributed by atoms with Gasteiger partial charge in [0, 0.05) is 25.8 Å². The molecular formula is C12H18N2O3S2. The number of likely N-dealkylation sites (N-methyl/N-ethyl adjacent to an activating group) is 1. The van der Waals surface area contributed by atoms with Gasteiger partial charge in [0.25, 0.3) is 0 Å². The second-order valence-corrected chi connectivity index (χ2v) is 6.26. The molecule has 1 aromatic carbocycles. The van der Waals surface area contributed by atoms with Crippen molar-refractivity contribution in [2.45, 2.75) is 11.8 Å². The van der Waals surface area contributed by atoms with Crippen molar-refractivity contribution in [3.05, 3.63) is 29.8 Å². The molecule has 5 nitrogen and oxygen atoms in total. The highest BCUT2D eigenvalue weighted by Crippen LogP contribution is 2.16. The van der Waals surface area contributed by atoms with Gasteiger partial charge in [0.15, 0.2) is 0 Å². The van der Waals surface area contributed by atoms with Crippen LogP contribution in [-0.2, 0) is 14.8 Å². The Bertz CT molecular complexity index is 526. The molecule has 0 heterocycles. The number of nitrogens with two attached hydrogens (primary N) is 1. The van der Waals surface area contributed by atoms with Crippen LogP contribution in [0.15, 0.2) is 29.2 Å². The monoisotopic (exact) mass is 302 g/mol. The Labute approximate surface area is 119 Å². The van der Waals surface area contributed by atoms with Crippen LogP contribution in [0.4, 0.5) is 0 Å². The predicted octanol–water partition coefficient (Wildman–Crippen LogP) is 0.978. The second-order valence-electron chi connectivity index (χ2n) is 3.88. The molecule has 0 saturated carbocycles. The van der Waals surface area contributed by atoms with E-state index in [1.165, 1.54) is 23.5 Å². The molecule has 19 heavy (non-hydrogen) atoms. The van der Waals surface area contributed by atoms with Crippen LogP contribution < -0.4 is 5.73 Å². The zero-order chi connectivity index (χ0) is 14.5. The molecule has 0 bridgehead atoms. The van der Waals surface area contributed by atoms with Crippen LogP contribution >= 0.6 is 12.2 Å². The van der Waals surface area contributed by atoms with Gasteiger partial charge in [0.2, 0.25) is 10.0 Å². The molecule has 7 heteroatoms. The molecule has 1 rings (SSSR count). The summed E-state index contributed by atoms with van der Waals surface area (Å²) in [4.78, 5) is 0.473. The number of hydrogen-bond acceptors (Lipinski definition) is 4. The molecule has 0 unspecified atom stereocenters. The highest BCUT2D eigenvalue weighted by molar-refractivity contribution is 7.89. The third kappa shape index (κ3) is 3.97. The molecule has 0 aliphatic heterocycles. The van der Waals surface area contributed by atoms with E-state index in [1.807, 2.05) is 0 Å². The van der Waals surface area contributed by atoms with Crippen LogP contribution in [0.3, 0.4) is 0 Å². The Morgan fingerprint density at radius 2 is 1.95 bits per heavy atom. The summed E-state index contributed by atoms with van der Waals surface area (Å²) >= 11 is 4.83. The van der Waals surface area contributed by atoms with Crippen LogP contribution in [0.5, 0.6) is 0 Å². The molecule has 0 amide bonds. The number of benzene rings is 1. The van der Waals surface area contributed by atoms with E-state index in [2.05, 4.69) is 0 Å². The average Bonchev–Trinajstić information content (AvgIpc) is 2.39. The van der Waals surface area contributed by atoms with E-state index in [0.717, 1.165) is 0 Å². The summed E-state index contributed by atoms with van der Waals surface area (Å²) in [5.41, 5.74) is 6.13. The van der Waals surface area contributed by atoms with Gasteiger partial charge < -0.3 is 10.5 Å². The second kappa shape index (κ2) is 6.95. The summed E-state index contributed by atoms with van der Waals surface area (Å²) in [6.07, 6.45) is 0. The molecular weight excluding hydrogens is 284 g/mol. The number of nitrogens with zero attached hydrogens (tertiary/aromatic N) is 1. The largest absolute Gasteiger partial charge is 0.389 e. The van der Waals surface area contributed by atoms with Crippen molar-refractivity contribution in [1.29, 1.82) is 0 Å². The lowest BCUT2D eigenvalue weighted by Gasteiger charge is -2.20. The van der Waals surface area contributed by atoms with Gasteiger partial charge in [-0.3, -0.25) is 0 Å². The Balaban J connectivity index is 3.01. The van der Waals surface area contributed by atoms with E-state index in [-0.39, 0.29) is 9.88 Å². The molecule has 0 fully saturated rings. The fraction of sp³-hybridized carbons (Fsp3) is 0.417. The minimum atomic E-state index is -3.50. The van der Waals surface area contributed by atoms with Gasteiger partial charge in [-0.1, -0.05) is 31.3 Å². The first-order chi connectivity index (χ1) is 8.93. The summed E-state index contributed by atoms with van der Waals surface area (Å²) in [7, 11) is -1.96. The lowest BCUT2D eigenvalue weighted by Crippen LogP contribution is -2.33. The minimum absolute atomic E-state index is 0.227. The van der Waals surface area contributed by atoms with E-state index in [1.54, 1.807) is 19.1 Å². The average molecular weight is 302 g/mol. The Hall–Kier alpha value is -1.02. The van der Waals surface area contributed by atoms with Crippen molar-refractivity contribution in [1.82, 2.24) is 4.31 Å². The van der Waals surface area contributed by atoms with Gasteiger partial charge in [0.05, 0.1) is 11.5 Å². The van der Waals surface area contributed by atoms with E-state index < -0.39 is 10.0 Å². The van der Waals surface area contributed by atoms with Gasteiger partial charge >= 0.3 is 0 Å². The van der Waals surface area contributed by atoms with Gasteiger partial charge in [-0.05, 0) is 12.1 Å². The predicted molar refractivity (Wildman–Crippen MR) is 78.6 cm³/mol. The van der Waals surface area contributed by atoms with E-state index in [0.29, 0.717) is 25.3 Å². The molecule has 2 N–H and O–H groups in total. The maximum Gasteiger partial charge on any atom is 0.243 e.